The van der Waals surface area contributed by atoms with Crippen molar-refractivity contribution in [2.24, 2.45) is 0 Å². The van der Waals surface area contributed by atoms with E-state index in [-0.39, 0.29) is 11.8 Å². The highest BCUT2D eigenvalue weighted by molar-refractivity contribution is 5.97. The predicted molar refractivity (Wildman–Crippen MR) is 96.5 cm³/mol. The molecule has 0 atom stereocenters. The van der Waals surface area contributed by atoms with Crippen molar-refractivity contribution in [3.63, 3.8) is 0 Å². The minimum Gasteiger partial charge on any atom is -0.497 e. The summed E-state index contributed by atoms with van der Waals surface area (Å²) in [6.45, 7) is 2.04. The molecule has 2 aromatic rings. The number of aromatic nitrogens is 1. The quantitative estimate of drug-likeness (QED) is 0.881. The van der Waals surface area contributed by atoms with E-state index in [2.05, 4.69) is 4.98 Å². The lowest BCUT2D eigenvalue weighted by Crippen LogP contribution is -2.51. The molecule has 0 unspecified atom stereocenters. The number of aromatic amines is 1. The van der Waals surface area contributed by atoms with E-state index in [4.69, 9.17) is 9.47 Å². The van der Waals surface area contributed by atoms with E-state index in [0.717, 1.165) is 5.69 Å². The molecule has 0 aliphatic carbocycles. The number of H-pyrrole nitrogens is 1. The molecule has 7 heteroatoms. The minimum absolute atomic E-state index is 0.0681. The van der Waals surface area contributed by atoms with Crippen molar-refractivity contribution < 1.29 is 19.1 Å². The molecule has 1 N–H and O–H groups in total. The molecule has 1 aliphatic heterocycles. The molecule has 0 spiro atoms. The average Bonchev–Trinajstić information content (AvgIpc) is 3.20. The SMILES string of the molecule is COc1ccc(OC)c(C(=O)N2CCN(C(=O)Cc3ccc[nH]3)CC2)c1. The zero-order valence-corrected chi connectivity index (χ0v) is 15.0. The minimum atomic E-state index is -0.114. The van der Waals surface area contributed by atoms with Crippen molar-refractivity contribution in [3.8, 4) is 11.5 Å². The van der Waals surface area contributed by atoms with E-state index < -0.39 is 0 Å². The number of piperazine rings is 1. The summed E-state index contributed by atoms with van der Waals surface area (Å²) >= 11 is 0. The van der Waals surface area contributed by atoms with E-state index in [1.807, 2.05) is 12.1 Å². The number of amides is 2. The zero-order valence-electron chi connectivity index (χ0n) is 15.0. The van der Waals surface area contributed by atoms with Crippen LogP contribution in [0.1, 0.15) is 16.1 Å². The standard InChI is InChI=1S/C19H23N3O4/c1-25-15-5-6-17(26-2)16(13-15)19(24)22-10-8-21(9-11-22)18(23)12-14-4-3-7-20-14/h3-7,13,20H,8-12H2,1-2H3. The summed E-state index contributed by atoms with van der Waals surface area (Å²) in [4.78, 5) is 31.8. The van der Waals surface area contributed by atoms with Crippen molar-refractivity contribution in [1.29, 1.82) is 0 Å². The van der Waals surface area contributed by atoms with Gasteiger partial charge in [0.1, 0.15) is 11.5 Å². The zero-order chi connectivity index (χ0) is 18.5. The van der Waals surface area contributed by atoms with Crippen LogP contribution < -0.4 is 9.47 Å². The molecule has 1 fully saturated rings. The fourth-order valence-corrected chi connectivity index (χ4v) is 3.06. The lowest BCUT2D eigenvalue weighted by molar-refractivity contribution is -0.132. The summed E-state index contributed by atoms with van der Waals surface area (Å²) in [6, 6.07) is 8.94. The highest BCUT2D eigenvalue weighted by atomic mass is 16.5. The normalized spacial score (nSPS) is 14.2. The second-order valence-corrected chi connectivity index (χ2v) is 6.11. The van der Waals surface area contributed by atoms with Crippen LogP contribution in [0, 0.1) is 0 Å². The van der Waals surface area contributed by atoms with Gasteiger partial charge in [-0.25, -0.2) is 0 Å². The Morgan fingerprint density at radius 2 is 1.77 bits per heavy atom. The number of methoxy groups -OCH3 is 2. The topological polar surface area (TPSA) is 74.9 Å². The molecule has 138 valence electrons. The number of carbonyl (C=O) groups is 2. The highest BCUT2D eigenvalue weighted by Gasteiger charge is 2.26. The Labute approximate surface area is 152 Å². The molecule has 1 aliphatic rings. The second-order valence-electron chi connectivity index (χ2n) is 6.11. The van der Waals surface area contributed by atoms with Gasteiger partial charge in [-0.1, -0.05) is 0 Å². The molecular weight excluding hydrogens is 334 g/mol. The van der Waals surface area contributed by atoms with Crippen LogP contribution in [0.25, 0.3) is 0 Å². The van der Waals surface area contributed by atoms with Gasteiger partial charge in [0, 0.05) is 38.1 Å². The van der Waals surface area contributed by atoms with Crippen LogP contribution >= 0.6 is 0 Å². The van der Waals surface area contributed by atoms with Crippen LogP contribution in [0.3, 0.4) is 0 Å². The largest absolute Gasteiger partial charge is 0.497 e. The Morgan fingerprint density at radius 3 is 2.38 bits per heavy atom. The number of hydrogen-bond acceptors (Lipinski definition) is 4. The van der Waals surface area contributed by atoms with Gasteiger partial charge in [-0.3, -0.25) is 9.59 Å². The Bertz CT molecular complexity index is 765. The van der Waals surface area contributed by atoms with Crippen LogP contribution in [0.15, 0.2) is 36.5 Å². The third kappa shape index (κ3) is 3.82. The first-order valence-corrected chi connectivity index (χ1v) is 8.53. The number of nitrogens with zero attached hydrogens (tertiary/aromatic N) is 2. The Kier molecular flexibility index (Phi) is 5.46. The summed E-state index contributed by atoms with van der Waals surface area (Å²) < 4.78 is 10.5. The first-order chi connectivity index (χ1) is 12.6. The van der Waals surface area contributed by atoms with Gasteiger partial charge < -0.3 is 24.3 Å². The van der Waals surface area contributed by atoms with Gasteiger partial charge in [-0.15, -0.1) is 0 Å². The third-order valence-electron chi connectivity index (χ3n) is 4.56. The number of benzene rings is 1. The molecule has 1 saturated heterocycles. The first-order valence-electron chi connectivity index (χ1n) is 8.53. The van der Waals surface area contributed by atoms with Gasteiger partial charge in [0.2, 0.25) is 5.91 Å². The summed E-state index contributed by atoms with van der Waals surface area (Å²) in [7, 11) is 3.10. The fourth-order valence-electron chi connectivity index (χ4n) is 3.06. The monoisotopic (exact) mass is 357 g/mol. The Hall–Kier alpha value is -2.96. The summed E-state index contributed by atoms with van der Waals surface area (Å²) in [5.74, 6) is 1.07. The Morgan fingerprint density at radius 1 is 1.04 bits per heavy atom. The maximum Gasteiger partial charge on any atom is 0.257 e. The van der Waals surface area contributed by atoms with Crippen molar-refractivity contribution in [1.82, 2.24) is 14.8 Å². The van der Waals surface area contributed by atoms with Crippen molar-refractivity contribution in [3.05, 3.63) is 47.8 Å². The summed E-state index contributed by atoms with van der Waals surface area (Å²) in [6.07, 6.45) is 2.16. The molecule has 0 saturated carbocycles. The van der Waals surface area contributed by atoms with Gasteiger partial charge in [0.25, 0.3) is 5.91 Å². The lowest BCUT2D eigenvalue weighted by Gasteiger charge is -2.35. The first kappa shape index (κ1) is 17.8. The smallest absolute Gasteiger partial charge is 0.257 e. The third-order valence-corrected chi connectivity index (χ3v) is 4.56. The van der Waals surface area contributed by atoms with Gasteiger partial charge in [-0.2, -0.15) is 0 Å². The molecule has 1 aromatic carbocycles. The van der Waals surface area contributed by atoms with E-state index in [0.29, 0.717) is 49.7 Å². The molecular formula is C19H23N3O4. The maximum absolute atomic E-state index is 12.9. The van der Waals surface area contributed by atoms with Gasteiger partial charge >= 0.3 is 0 Å². The van der Waals surface area contributed by atoms with Crippen molar-refractivity contribution in [2.45, 2.75) is 6.42 Å². The van der Waals surface area contributed by atoms with Crippen LogP contribution in [-0.2, 0) is 11.2 Å². The Balaban J connectivity index is 1.62. The highest BCUT2D eigenvalue weighted by Crippen LogP contribution is 2.25. The van der Waals surface area contributed by atoms with Crippen LogP contribution in [0.5, 0.6) is 11.5 Å². The molecule has 26 heavy (non-hydrogen) atoms. The molecule has 0 bridgehead atoms. The van der Waals surface area contributed by atoms with Gasteiger partial charge in [0.15, 0.2) is 0 Å². The van der Waals surface area contributed by atoms with E-state index in [1.165, 1.54) is 7.11 Å². The number of nitrogens with one attached hydrogen (secondary N) is 1. The van der Waals surface area contributed by atoms with E-state index in [9.17, 15) is 9.59 Å². The lowest BCUT2D eigenvalue weighted by atomic mass is 10.1. The van der Waals surface area contributed by atoms with E-state index >= 15 is 0 Å². The molecule has 7 nitrogen and oxygen atoms in total. The molecule has 2 heterocycles. The van der Waals surface area contributed by atoms with Crippen molar-refractivity contribution in [2.75, 3.05) is 40.4 Å². The van der Waals surface area contributed by atoms with Gasteiger partial charge in [0.05, 0.1) is 26.2 Å². The number of hydrogen-bond donors (Lipinski definition) is 1. The van der Waals surface area contributed by atoms with E-state index in [1.54, 1.807) is 41.3 Å². The molecule has 2 amide bonds. The number of ether oxygens (including phenoxy) is 2. The molecule has 1 aromatic heterocycles. The second kappa shape index (κ2) is 7.95. The average molecular weight is 357 g/mol. The van der Waals surface area contributed by atoms with Crippen LogP contribution in [0.2, 0.25) is 0 Å². The number of carbonyl (C=O) groups excluding carboxylic acids is 2. The number of rotatable bonds is 5. The van der Waals surface area contributed by atoms with Gasteiger partial charge in [-0.05, 0) is 30.3 Å². The maximum atomic E-state index is 12.9. The van der Waals surface area contributed by atoms with Crippen molar-refractivity contribution >= 4 is 11.8 Å². The van der Waals surface area contributed by atoms with Crippen LogP contribution in [-0.4, -0.2) is 67.0 Å². The predicted octanol–water partition coefficient (Wildman–Crippen LogP) is 1.56. The molecule has 0 radical (unpaired) electrons. The summed E-state index contributed by atoms with van der Waals surface area (Å²) in [5.41, 5.74) is 1.37. The van der Waals surface area contributed by atoms with Crippen LogP contribution in [0.4, 0.5) is 0 Å². The fraction of sp³-hybridized carbons (Fsp3) is 0.368. The summed E-state index contributed by atoms with van der Waals surface area (Å²) in [5, 5.41) is 0. The molecule has 3 rings (SSSR count).